The Hall–Kier alpha value is -2.37. The molecule has 4 fully saturated rings. The Morgan fingerprint density at radius 2 is 1.89 bits per heavy atom. The molecular weight excluding hydrogens is 436 g/mol. The predicted octanol–water partition coefficient (Wildman–Crippen LogP) is 4.52. The molecule has 2 aromatic carbocycles. The van der Waals surface area contributed by atoms with Crippen LogP contribution >= 0.6 is 0 Å². The third-order valence-corrected chi connectivity index (χ3v) is 10.5. The van der Waals surface area contributed by atoms with Crippen LogP contribution in [0.2, 0.25) is 0 Å². The van der Waals surface area contributed by atoms with E-state index < -0.39 is 0 Å². The van der Waals surface area contributed by atoms with Crippen LogP contribution in [0.15, 0.2) is 48.5 Å². The summed E-state index contributed by atoms with van der Waals surface area (Å²) < 4.78 is 7.17. The van der Waals surface area contributed by atoms with Crippen molar-refractivity contribution < 1.29 is 14.6 Å². The molecule has 2 aromatic rings. The zero-order chi connectivity index (χ0) is 23.9. The van der Waals surface area contributed by atoms with E-state index in [0.717, 1.165) is 43.4 Å². The van der Waals surface area contributed by atoms with Crippen LogP contribution in [0.3, 0.4) is 0 Å². The van der Waals surface area contributed by atoms with E-state index >= 15 is 0 Å². The third-order valence-electron chi connectivity index (χ3n) is 10.5. The molecule has 5 heteroatoms. The van der Waals surface area contributed by atoms with Gasteiger partial charge in [-0.25, -0.2) is 0 Å². The van der Waals surface area contributed by atoms with Crippen molar-refractivity contribution in [2.75, 3.05) is 13.6 Å². The third kappa shape index (κ3) is 2.69. The second kappa shape index (κ2) is 7.57. The quantitative estimate of drug-likeness (QED) is 0.714. The van der Waals surface area contributed by atoms with Crippen molar-refractivity contribution in [1.29, 1.82) is 0 Å². The summed E-state index contributed by atoms with van der Waals surface area (Å²) in [6.07, 6.45) is 7.77. The molecular formula is C30H36N2O3. The van der Waals surface area contributed by atoms with E-state index in [9.17, 15) is 9.90 Å². The minimum absolute atomic E-state index is 0.0305. The van der Waals surface area contributed by atoms with Gasteiger partial charge in [0.25, 0.3) is 5.91 Å². The molecule has 2 saturated carbocycles. The van der Waals surface area contributed by atoms with E-state index in [1.807, 2.05) is 54.4 Å². The molecule has 0 spiro atoms. The Morgan fingerprint density at radius 1 is 1.09 bits per heavy atom. The number of likely N-dealkylation sites (tertiary alicyclic amines) is 1. The van der Waals surface area contributed by atoms with Gasteiger partial charge in [-0.15, -0.1) is 0 Å². The molecule has 1 amide bonds. The van der Waals surface area contributed by atoms with Crippen LogP contribution in [0.25, 0.3) is 0 Å². The number of carbonyl (C=O) groups is 1. The summed E-state index contributed by atoms with van der Waals surface area (Å²) in [6, 6.07) is 16.8. The lowest BCUT2D eigenvalue weighted by molar-refractivity contribution is -0.173. The summed E-state index contributed by atoms with van der Waals surface area (Å²) in [7, 11) is 1.98. The van der Waals surface area contributed by atoms with Crippen molar-refractivity contribution in [3.8, 4) is 5.75 Å². The molecule has 35 heavy (non-hydrogen) atoms. The highest BCUT2D eigenvalue weighted by molar-refractivity contribution is 5.94. The largest absolute Gasteiger partial charge is 0.508 e. The van der Waals surface area contributed by atoms with Crippen LogP contribution in [0, 0.1) is 5.92 Å². The zero-order valence-corrected chi connectivity index (χ0v) is 20.8. The van der Waals surface area contributed by atoms with Gasteiger partial charge >= 0.3 is 0 Å². The number of amides is 1. The van der Waals surface area contributed by atoms with E-state index in [1.54, 1.807) is 0 Å². The molecule has 2 aliphatic heterocycles. The number of nitrogens with zero attached hydrogens (tertiary/aromatic N) is 2. The molecule has 3 aliphatic carbocycles. The Labute approximate surface area is 208 Å². The van der Waals surface area contributed by atoms with Crippen molar-refractivity contribution in [1.82, 2.24) is 9.80 Å². The Morgan fingerprint density at radius 3 is 2.63 bits per heavy atom. The number of ether oxygens (including phenoxy) is 1. The maximum absolute atomic E-state index is 13.6. The molecule has 7 rings (SSSR count). The standard InChI is InChI=1S/C30H36N2O3/c1-19-26-23(31(2)28(34)20-8-4-3-5-9-20)14-15-30(35-19)25-18-21-10-6-13-24(33)27(21)29(26,30)16-17-32(25)22-11-7-12-22/h3-6,8-10,13,19,22-23,25-26,33H,7,11-12,14-18H2,1-2H3/t19-,23?,25?,26?,29?,30?/m1/s1. The number of rotatable bonds is 3. The first kappa shape index (κ1) is 21.9. The normalized spacial score (nSPS) is 37.8. The van der Waals surface area contributed by atoms with Gasteiger partial charge in [0.1, 0.15) is 5.75 Å². The molecule has 5 aliphatic rings. The second-order valence-corrected chi connectivity index (χ2v) is 11.7. The van der Waals surface area contributed by atoms with Crippen LogP contribution in [0.5, 0.6) is 5.75 Å². The molecule has 184 valence electrons. The number of aromatic hydroxyl groups is 1. The highest BCUT2D eigenvalue weighted by atomic mass is 16.5. The number of fused-ring (bicyclic) bond motifs is 1. The minimum Gasteiger partial charge on any atom is -0.508 e. The number of hydrogen-bond donors (Lipinski definition) is 1. The van der Waals surface area contributed by atoms with Gasteiger partial charge in [0.2, 0.25) is 0 Å². The number of piperidine rings is 1. The van der Waals surface area contributed by atoms with Gasteiger partial charge in [-0.05, 0) is 75.8 Å². The van der Waals surface area contributed by atoms with Crippen molar-refractivity contribution >= 4 is 5.91 Å². The maximum atomic E-state index is 13.6. The number of hydrogen-bond acceptors (Lipinski definition) is 4. The molecule has 6 atom stereocenters. The average molecular weight is 473 g/mol. The number of carbonyl (C=O) groups excluding carboxylic acids is 1. The second-order valence-electron chi connectivity index (χ2n) is 11.7. The highest BCUT2D eigenvalue weighted by Gasteiger charge is 2.76. The van der Waals surface area contributed by atoms with Crippen LogP contribution in [-0.4, -0.2) is 64.2 Å². The summed E-state index contributed by atoms with van der Waals surface area (Å²) in [4.78, 5) is 18.4. The van der Waals surface area contributed by atoms with Crippen molar-refractivity contribution in [3.63, 3.8) is 0 Å². The van der Waals surface area contributed by atoms with Crippen LogP contribution in [0.1, 0.15) is 66.9 Å². The minimum atomic E-state index is -0.288. The lowest BCUT2D eigenvalue weighted by Crippen LogP contribution is -2.75. The molecule has 2 heterocycles. The fourth-order valence-corrected chi connectivity index (χ4v) is 9.10. The smallest absolute Gasteiger partial charge is 0.253 e. The van der Waals surface area contributed by atoms with E-state index in [2.05, 4.69) is 17.9 Å². The first-order chi connectivity index (χ1) is 17.0. The predicted molar refractivity (Wildman–Crippen MR) is 135 cm³/mol. The van der Waals surface area contributed by atoms with Crippen LogP contribution in [-0.2, 0) is 16.6 Å². The molecule has 1 N–H and O–H groups in total. The van der Waals surface area contributed by atoms with Gasteiger partial charge in [-0.3, -0.25) is 9.69 Å². The molecule has 0 radical (unpaired) electrons. The highest BCUT2D eigenvalue weighted by Crippen LogP contribution is 2.69. The van der Waals surface area contributed by atoms with Crippen molar-refractivity contribution in [2.24, 2.45) is 5.92 Å². The summed E-state index contributed by atoms with van der Waals surface area (Å²) in [6.45, 7) is 3.28. The molecule has 5 nitrogen and oxygen atoms in total. The zero-order valence-electron chi connectivity index (χ0n) is 20.8. The first-order valence-electron chi connectivity index (χ1n) is 13.5. The topological polar surface area (TPSA) is 53.0 Å². The van der Waals surface area contributed by atoms with Gasteiger partial charge in [0, 0.05) is 47.6 Å². The van der Waals surface area contributed by atoms with Crippen LogP contribution in [0.4, 0.5) is 0 Å². The Balaban J connectivity index is 1.37. The Kier molecular flexibility index (Phi) is 4.73. The SMILES string of the molecule is C[C@H]1OC23CCC(N(C)C(=O)c4ccccc4)C1C21CCN(C2CCC2)C3Cc2cccc(O)c21. The lowest BCUT2D eigenvalue weighted by atomic mass is 9.45. The van der Waals surface area contributed by atoms with E-state index in [1.165, 1.54) is 24.8 Å². The van der Waals surface area contributed by atoms with Crippen molar-refractivity contribution in [3.05, 3.63) is 65.2 Å². The summed E-state index contributed by atoms with van der Waals surface area (Å²) in [5, 5.41) is 11.3. The summed E-state index contributed by atoms with van der Waals surface area (Å²) in [5.74, 6) is 0.658. The van der Waals surface area contributed by atoms with Gasteiger partial charge < -0.3 is 14.7 Å². The van der Waals surface area contributed by atoms with Gasteiger partial charge in [0.15, 0.2) is 0 Å². The molecule has 4 bridgehead atoms. The lowest BCUT2D eigenvalue weighted by Gasteiger charge is -2.66. The van der Waals surface area contributed by atoms with Gasteiger partial charge in [-0.2, -0.15) is 0 Å². The average Bonchev–Trinajstić information content (AvgIpc) is 2.99. The Bertz CT molecular complexity index is 1160. The first-order valence-corrected chi connectivity index (χ1v) is 13.5. The fraction of sp³-hybridized carbons (Fsp3) is 0.567. The van der Waals surface area contributed by atoms with E-state index in [4.69, 9.17) is 4.74 Å². The van der Waals surface area contributed by atoms with Crippen LogP contribution < -0.4 is 0 Å². The monoisotopic (exact) mass is 472 g/mol. The number of benzene rings is 2. The van der Waals surface area contributed by atoms with Gasteiger partial charge in [0.05, 0.1) is 11.7 Å². The fourth-order valence-electron chi connectivity index (χ4n) is 9.10. The maximum Gasteiger partial charge on any atom is 0.253 e. The van der Waals surface area contributed by atoms with E-state index in [0.29, 0.717) is 17.8 Å². The summed E-state index contributed by atoms with van der Waals surface area (Å²) >= 11 is 0. The number of phenols is 1. The van der Waals surface area contributed by atoms with Crippen molar-refractivity contribution in [2.45, 2.75) is 87.1 Å². The number of phenolic OH excluding ortho intramolecular Hbond substituents is 1. The summed E-state index contributed by atoms with van der Waals surface area (Å²) in [5.41, 5.74) is 2.61. The molecule has 0 aromatic heterocycles. The van der Waals surface area contributed by atoms with E-state index in [-0.39, 0.29) is 35.0 Å². The van der Waals surface area contributed by atoms with Gasteiger partial charge in [-0.1, -0.05) is 36.8 Å². The molecule has 2 saturated heterocycles. The molecule has 5 unspecified atom stereocenters.